The lowest BCUT2D eigenvalue weighted by atomic mass is 10.2. The van der Waals surface area contributed by atoms with Gasteiger partial charge in [-0.05, 0) is 12.8 Å². The maximum absolute atomic E-state index is 10.2. The molecule has 1 N–H and O–H groups in total. The van der Waals surface area contributed by atoms with Crippen LogP contribution in [0.3, 0.4) is 0 Å². The average molecular weight is 143 g/mol. The van der Waals surface area contributed by atoms with Gasteiger partial charge in [0.15, 0.2) is 0 Å². The molecular formula is C7H13NO2. The van der Waals surface area contributed by atoms with Crippen LogP contribution in [0.2, 0.25) is 0 Å². The van der Waals surface area contributed by atoms with Crippen molar-refractivity contribution in [2.45, 2.75) is 20.8 Å². The van der Waals surface area contributed by atoms with Gasteiger partial charge in [0.25, 0.3) is 0 Å². The fourth-order valence-electron chi connectivity index (χ4n) is 0.387. The minimum atomic E-state index is -0.930. The molecule has 0 radical (unpaired) electrons. The summed E-state index contributed by atoms with van der Waals surface area (Å²) >= 11 is 0. The highest BCUT2D eigenvalue weighted by Crippen LogP contribution is 1.92. The maximum Gasteiger partial charge on any atom is 0.349 e. The molecule has 0 heterocycles. The zero-order chi connectivity index (χ0) is 8.15. The van der Waals surface area contributed by atoms with E-state index < -0.39 is 5.97 Å². The molecule has 0 saturated carbocycles. The van der Waals surface area contributed by atoms with Crippen molar-refractivity contribution in [3.63, 3.8) is 0 Å². The van der Waals surface area contributed by atoms with E-state index in [2.05, 4.69) is 4.99 Å². The van der Waals surface area contributed by atoms with Gasteiger partial charge >= 0.3 is 5.97 Å². The van der Waals surface area contributed by atoms with Crippen molar-refractivity contribution >= 4 is 11.7 Å². The van der Waals surface area contributed by atoms with Crippen LogP contribution in [-0.2, 0) is 4.79 Å². The maximum atomic E-state index is 10.2. The minimum absolute atomic E-state index is 0.189. The van der Waals surface area contributed by atoms with Crippen molar-refractivity contribution in [2.24, 2.45) is 10.9 Å². The fourth-order valence-corrected chi connectivity index (χ4v) is 0.387. The van der Waals surface area contributed by atoms with E-state index in [1.165, 1.54) is 6.92 Å². The van der Waals surface area contributed by atoms with Crippen LogP contribution < -0.4 is 0 Å². The topological polar surface area (TPSA) is 49.7 Å². The molecule has 3 heteroatoms. The van der Waals surface area contributed by atoms with Gasteiger partial charge in [-0.25, -0.2) is 4.79 Å². The largest absolute Gasteiger partial charge is 0.477 e. The van der Waals surface area contributed by atoms with E-state index in [0.29, 0.717) is 12.5 Å². The molecule has 0 atom stereocenters. The third-order valence-electron chi connectivity index (χ3n) is 1.00. The third-order valence-corrected chi connectivity index (χ3v) is 1.00. The summed E-state index contributed by atoms with van der Waals surface area (Å²) in [5.41, 5.74) is 0.189. The first kappa shape index (κ1) is 9.14. The molecule has 0 aliphatic heterocycles. The van der Waals surface area contributed by atoms with E-state index in [-0.39, 0.29) is 5.71 Å². The van der Waals surface area contributed by atoms with Gasteiger partial charge in [0.05, 0.1) is 0 Å². The van der Waals surface area contributed by atoms with Crippen molar-refractivity contribution in [1.29, 1.82) is 0 Å². The Morgan fingerprint density at radius 2 is 2.10 bits per heavy atom. The van der Waals surface area contributed by atoms with Crippen LogP contribution in [-0.4, -0.2) is 23.3 Å². The Hall–Kier alpha value is -0.860. The first-order chi connectivity index (χ1) is 4.54. The molecule has 0 aromatic heterocycles. The van der Waals surface area contributed by atoms with Crippen molar-refractivity contribution in [3.8, 4) is 0 Å². The minimum Gasteiger partial charge on any atom is -0.477 e. The Morgan fingerprint density at radius 1 is 1.60 bits per heavy atom. The first-order valence-electron chi connectivity index (χ1n) is 3.28. The SMILES string of the molecule is CC(=NCC(C)C)C(=O)O. The quantitative estimate of drug-likeness (QED) is 0.603. The number of aliphatic carboxylic acids is 1. The summed E-state index contributed by atoms with van der Waals surface area (Å²) in [6.07, 6.45) is 0. The summed E-state index contributed by atoms with van der Waals surface area (Å²) in [5, 5.41) is 8.36. The molecule has 0 aromatic rings. The predicted molar refractivity (Wildman–Crippen MR) is 40.4 cm³/mol. The molecule has 0 fully saturated rings. The van der Waals surface area contributed by atoms with Gasteiger partial charge < -0.3 is 5.11 Å². The van der Waals surface area contributed by atoms with Crippen molar-refractivity contribution in [1.82, 2.24) is 0 Å². The third kappa shape index (κ3) is 4.06. The van der Waals surface area contributed by atoms with E-state index in [0.717, 1.165) is 0 Å². The van der Waals surface area contributed by atoms with E-state index in [9.17, 15) is 4.79 Å². The fraction of sp³-hybridized carbons (Fsp3) is 0.714. The number of carbonyl (C=O) groups is 1. The Morgan fingerprint density at radius 3 is 2.40 bits per heavy atom. The Labute approximate surface area is 60.8 Å². The Kier molecular flexibility index (Phi) is 3.69. The highest BCUT2D eigenvalue weighted by molar-refractivity contribution is 6.34. The van der Waals surface area contributed by atoms with Crippen LogP contribution in [0.15, 0.2) is 4.99 Å². The molecule has 0 unspecified atom stereocenters. The Balaban J connectivity index is 3.81. The highest BCUT2D eigenvalue weighted by atomic mass is 16.4. The highest BCUT2D eigenvalue weighted by Gasteiger charge is 2.00. The molecule has 0 saturated heterocycles. The zero-order valence-corrected chi connectivity index (χ0v) is 6.59. The van der Waals surface area contributed by atoms with Gasteiger partial charge in [-0.1, -0.05) is 13.8 Å². The van der Waals surface area contributed by atoms with Crippen LogP contribution in [0, 0.1) is 5.92 Å². The average Bonchev–Trinajstić information content (AvgIpc) is 1.82. The van der Waals surface area contributed by atoms with Crippen LogP contribution in [0.5, 0.6) is 0 Å². The summed E-state index contributed by atoms with van der Waals surface area (Å²) < 4.78 is 0. The van der Waals surface area contributed by atoms with Crippen LogP contribution in [0.4, 0.5) is 0 Å². The zero-order valence-electron chi connectivity index (χ0n) is 6.59. The van der Waals surface area contributed by atoms with Crippen LogP contribution in [0.1, 0.15) is 20.8 Å². The van der Waals surface area contributed by atoms with Gasteiger partial charge in [0.2, 0.25) is 0 Å². The van der Waals surface area contributed by atoms with E-state index in [1.54, 1.807) is 0 Å². The van der Waals surface area contributed by atoms with Crippen molar-refractivity contribution < 1.29 is 9.90 Å². The number of aliphatic imine (C=N–C) groups is 1. The molecule has 10 heavy (non-hydrogen) atoms. The predicted octanol–water partition coefficient (Wildman–Crippen LogP) is 1.19. The lowest BCUT2D eigenvalue weighted by Crippen LogP contribution is -2.09. The number of hydrogen-bond donors (Lipinski definition) is 1. The molecule has 0 aliphatic rings. The second-order valence-electron chi connectivity index (χ2n) is 2.63. The van der Waals surface area contributed by atoms with Gasteiger partial charge in [0.1, 0.15) is 5.71 Å². The molecular weight excluding hydrogens is 130 g/mol. The number of carboxylic acids is 1. The standard InChI is InChI=1S/C7H13NO2/c1-5(2)4-8-6(3)7(9)10/h5H,4H2,1-3H3,(H,9,10). The molecule has 58 valence electrons. The molecule has 0 aromatic carbocycles. The smallest absolute Gasteiger partial charge is 0.349 e. The van der Waals surface area contributed by atoms with E-state index >= 15 is 0 Å². The van der Waals surface area contributed by atoms with Crippen LogP contribution >= 0.6 is 0 Å². The number of carboxylic acid groups (broad SMARTS) is 1. The summed E-state index contributed by atoms with van der Waals surface area (Å²) in [6, 6.07) is 0. The summed E-state index contributed by atoms with van der Waals surface area (Å²) in [5.74, 6) is -0.505. The number of nitrogens with zero attached hydrogens (tertiary/aromatic N) is 1. The van der Waals surface area contributed by atoms with Gasteiger partial charge in [0, 0.05) is 6.54 Å². The molecule has 0 amide bonds. The van der Waals surface area contributed by atoms with E-state index in [4.69, 9.17) is 5.11 Å². The second-order valence-corrected chi connectivity index (χ2v) is 2.63. The van der Waals surface area contributed by atoms with Crippen molar-refractivity contribution in [3.05, 3.63) is 0 Å². The van der Waals surface area contributed by atoms with Gasteiger partial charge in [-0.15, -0.1) is 0 Å². The summed E-state index contributed by atoms with van der Waals surface area (Å²) in [7, 11) is 0. The second kappa shape index (κ2) is 4.04. The summed E-state index contributed by atoms with van der Waals surface area (Å²) in [4.78, 5) is 14.0. The number of rotatable bonds is 3. The van der Waals surface area contributed by atoms with E-state index in [1.807, 2.05) is 13.8 Å². The normalized spacial score (nSPS) is 12.2. The Bertz CT molecular complexity index is 150. The lowest BCUT2D eigenvalue weighted by Gasteiger charge is -1.97. The molecule has 0 bridgehead atoms. The van der Waals surface area contributed by atoms with Gasteiger partial charge in [-0.2, -0.15) is 0 Å². The van der Waals surface area contributed by atoms with Gasteiger partial charge in [-0.3, -0.25) is 4.99 Å². The molecule has 0 rings (SSSR count). The first-order valence-corrected chi connectivity index (χ1v) is 3.28. The molecule has 3 nitrogen and oxygen atoms in total. The lowest BCUT2D eigenvalue weighted by molar-refractivity contribution is -0.129. The summed E-state index contributed by atoms with van der Waals surface area (Å²) in [6.45, 7) is 6.10. The molecule has 0 aliphatic carbocycles. The molecule has 0 spiro atoms. The monoisotopic (exact) mass is 143 g/mol. The van der Waals surface area contributed by atoms with Crippen molar-refractivity contribution in [2.75, 3.05) is 6.54 Å². The number of hydrogen-bond acceptors (Lipinski definition) is 2. The van der Waals surface area contributed by atoms with Crippen LogP contribution in [0.25, 0.3) is 0 Å².